The van der Waals surface area contributed by atoms with Gasteiger partial charge in [-0.1, -0.05) is 6.92 Å². The molecule has 6 rings (SSSR count). The predicted octanol–water partition coefficient (Wildman–Crippen LogP) is -2.81. The maximum absolute atomic E-state index is 12.9. The summed E-state index contributed by atoms with van der Waals surface area (Å²) in [5, 5.41) is 53.7. The van der Waals surface area contributed by atoms with Crippen LogP contribution in [0.2, 0.25) is 5.28 Å². The fourth-order valence-corrected chi connectivity index (χ4v) is 5.61. The summed E-state index contributed by atoms with van der Waals surface area (Å²) in [5.74, 6) is -1.18. The minimum atomic E-state index is -2.08. The average Bonchev–Trinajstić information content (AvgIpc) is 3.73. The molecule has 19 nitrogen and oxygen atoms in total. The Morgan fingerprint density at radius 1 is 1.05 bits per heavy atom. The number of rotatable bonds is 7. The number of esters is 1. The van der Waals surface area contributed by atoms with Crippen LogP contribution < -0.4 is 11.5 Å². The van der Waals surface area contributed by atoms with E-state index in [0.717, 1.165) is 0 Å². The molecule has 2 saturated heterocycles. The summed E-state index contributed by atoms with van der Waals surface area (Å²) in [4.78, 5) is 37.0. The zero-order valence-electron chi connectivity index (χ0n) is 22.2. The normalized spacial score (nSPS) is 31.7. The van der Waals surface area contributed by atoms with Gasteiger partial charge in [-0.2, -0.15) is 9.97 Å². The van der Waals surface area contributed by atoms with Crippen LogP contribution in [0.1, 0.15) is 19.6 Å². The molecule has 1 unspecified atom stereocenters. The Kier molecular flexibility index (Phi) is 7.29. The Hall–Kier alpha value is -3.82. The number of hydrogen-bond acceptors (Lipinski definition) is 17. The van der Waals surface area contributed by atoms with Gasteiger partial charge in [0, 0.05) is 0 Å². The highest BCUT2D eigenvalue weighted by atomic mass is 35.5. The van der Waals surface area contributed by atoms with Gasteiger partial charge in [0.2, 0.25) is 5.28 Å². The highest BCUT2D eigenvalue weighted by Crippen LogP contribution is 2.41. The Balaban J connectivity index is 1.16. The number of hydrogen-bond donors (Lipinski definition) is 7. The lowest BCUT2D eigenvalue weighted by Crippen LogP contribution is -2.45. The van der Waals surface area contributed by atoms with Crippen molar-refractivity contribution in [1.29, 1.82) is 0 Å². The summed E-state index contributed by atoms with van der Waals surface area (Å²) in [6.45, 7) is 1.04. The fraction of sp³-hybridized carbons (Fsp3) is 0.522. The lowest BCUT2D eigenvalue weighted by Gasteiger charge is -2.32. The van der Waals surface area contributed by atoms with Crippen molar-refractivity contribution >= 4 is 51.5 Å². The molecule has 4 aromatic rings. The first-order valence-electron chi connectivity index (χ1n) is 13.0. The quantitative estimate of drug-likeness (QED) is 0.0808. The molecule has 0 bridgehead atoms. The van der Waals surface area contributed by atoms with E-state index in [1.807, 2.05) is 0 Å². The van der Waals surface area contributed by atoms with Crippen molar-refractivity contribution < 1.29 is 44.5 Å². The van der Waals surface area contributed by atoms with Crippen LogP contribution in [0.5, 0.6) is 0 Å². The molecule has 6 heterocycles. The second-order valence-electron chi connectivity index (χ2n) is 10.1. The third kappa shape index (κ3) is 4.52. The van der Waals surface area contributed by atoms with Gasteiger partial charge in [0.1, 0.15) is 60.6 Å². The van der Waals surface area contributed by atoms with E-state index in [2.05, 4.69) is 29.9 Å². The summed E-state index contributed by atoms with van der Waals surface area (Å²) >= 11 is 5.89. The molecule has 43 heavy (non-hydrogen) atoms. The molecule has 9 atom stereocenters. The lowest BCUT2D eigenvalue weighted by atomic mass is 9.98. The first kappa shape index (κ1) is 29.3. The van der Waals surface area contributed by atoms with E-state index < -0.39 is 67.3 Å². The van der Waals surface area contributed by atoms with Gasteiger partial charge in [0.15, 0.2) is 41.0 Å². The molecule has 9 N–H and O–H groups in total. The van der Waals surface area contributed by atoms with Crippen molar-refractivity contribution in [3.05, 3.63) is 24.3 Å². The second kappa shape index (κ2) is 10.7. The zero-order chi connectivity index (χ0) is 30.8. The number of aliphatic hydroxyl groups is 5. The number of carbonyl (C=O) groups is 1. The van der Waals surface area contributed by atoms with E-state index >= 15 is 0 Å². The molecule has 0 radical (unpaired) electrons. The number of aliphatic hydroxyl groups excluding tert-OH is 5. The number of fused-ring (bicyclic) bond motifs is 2. The molecule has 2 aliphatic rings. The van der Waals surface area contributed by atoms with Crippen molar-refractivity contribution in [2.75, 3.05) is 18.1 Å². The molecular weight excluding hydrogens is 596 g/mol. The molecule has 0 spiro atoms. The predicted molar refractivity (Wildman–Crippen MR) is 143 cm³/mol. The van der Waals surface area contributed by atoms with E-state index in [1.165, 1.54) is 28.1 Å². The molecule has 0 aliphatic carbocycles. The highest BCUT2D eigenvalue weighted by Gasteiger charge is 2.58. The maximum atomic E-state index is 12.9. The number of aromatic nitrogens is 8. The first-order chi connectivity index (χ1) is 20.5. The number of anilines is 2. The standard InChI is InChI=1S/C23H27ClN10O9/c1-2-23(34-6-30-8-16(25)27-4-28-18(8)34)15(39)12(37)14(43-23)13(38)21(40)41-3-7-10(35)11(36)20(42-7)33-5-29-9-17(26)31-22(24)32-19(9)33/h4-7,10-15,20,35-39H,2-3H2,1H3,(H2,25,27,28)(H2,26,31,32)/t7-,10-,11-,12-,13?,14+,15-,20-,23-/m1/s1. The third-order valence-corrected chi connectivity index (χ3v) is 7.88. The zero-order valence-corrected chi connectivity index (χ0v) is 23.0. The van der Waals surface area contributed by atoms with Gasteiger partial charge in [-0.3, -0.25) is 9.13 Å². The van der Waals surface area contributed by atoms with Gasteiger partial charge in [0.25, 0.3) is 0 Å². The van der Waals surface area contributed by atoms with Crippen LogP contribution >= 0.6 is 11.6 Å². The Bertz CT molecular complexity index is 1690. The van der Waals surface area contributed by atoms with Crippen LogP contribution in [0.25, 0.3) is 22.3 Å². The largest absolute Gasteiger partial charge is 0.461 e. The van der Waals surface area contributed by atoms with Crippen LogP contribution in [-0.4, -0.2) is 120 Å². The minimum absolute atomic E-state index is 0.00610. The monoisotopic (exact) mass is 622 g/mol. The van der Waals surface area contributed by atoms with Crippen molar-refractivity contribution in [3.63, 3.8) is 0 Å². The summed E-state index contributed by atoms with van der Waals surface area (Å²) < 4.78 is 19.5. The van der Waals surface area contributed by atoms with Gasteiger partial charge < -0.3 is 51.2 Å². The Labute approximate surface area is 245 Å². The number of nitrogen functional groups attached to an aromatic ring is 2. The number of carbonyl (C=O) groups excluding carboxylic acids is 1. The summed E-state index contributed by atoms with van der Waals surface area (Å²) in [5.41, 5.74) is 10.7. The van der Waals surface area contributed by atoms with E-state index in [4.69, 9.17) is 37.3 Å². The minimum Gasteiger partial charge on any atom is -0.461 e. The molecule has 20 heteroatoms. The number of imidazole rings is 2. The molecule has 4 aromatic heterocycles. The number of nitrogens with zero attached hydrogens (tertiary/aromatic N) is 8. The summed E-state index contributed by atoms with van der Waals surface area (Å²) in [7, 11) is 0. The van der Waals surface area contributed by atoms with Gasteiger partial charge in [0.05, 0.1) is 12.7 Å². The van der Waals surface area contributed by atoms with E-state index in [-0.39, 0.29) is 45.7 Å². The SMILES string of the molecule is CC[C@@]1(n2cnc3c(N)ncnc32)O[C@H](C(O)C(=O)OC[C@H]2O[C@@H](n3cnc4c(N)nc(Cl)nc43)[C@H](O)[C@@H]2O)[C@@H](O)[C@H]1O. The number of nitrogens with two attached hydrogens (primary N) is 2. The maximum Gasteiger partial charge on any atom is 0.337 e. The first-order valence-corrected chi connectivity index (χ1v) is 13.4. The molecular formula is C23H27ClN10O9. The van der Waals surface area contributed by atoms with Crippen molar-refractivity contribution in [2.45, 2.75) is 68.0 Å². The molecule has 2 aliphatic heterocycles. The fourth-order valence-electron chi connectivity index (χ4n) is 5.44. The van der Waals surface area contributed by atoms with Gasteiger partial charge in [-0.15, -0.1) is 0 Å². The molecule has 0 saturated carbocycles. The van der Waals surface area contributed by atoms with E-state index in [9.17, 15) is 30.3 Å². The molecule has 2 fully saturated rings. The van der Waals surface area contributed by atoms with Crippen LogP contribution in [-0.2, 0) is 24.7 Å². The molecule has 0 aromatic carbocycles. The summed E-state index contributed by atoms with van der Waals surface area (Å²) in [6.07, 6.45) is -8.80. The van der Waals surface area contributed by atoms with E-state index in [0.29, 0.717) is 0 Å². The lowest BCUT2D eigenvalue weighted by molar-refractivity contribution is -0.184. The number of halogens is 1. The van der Waals surface area contributed by atoms with Crippen molar-refractivity contribution in [1.82, 2.24) is 39.0 Å². The van der Waals surface area contributed by atoms with Gasteiger partial charge in [-0.05, 0) is 18.0 Å². The van der Waals surface area contributed by atoms with Gasteiger partial charge in [-0.25, -0.2) is 24.7 Å². The second-order valence-corrected chi connectivity index (χ2v) is 10.4. The number of ether oxygens (including phenoxy) is 3. The average molecular weight is 623 g/mol. The Morgan fingerprint density at radius 3 is 2.51 bits per heavy atom. The molecule has 230 valence electrons. The van der Waals surface area contributed by atoms with Crippen LogP contribution in [0, 0.1) is 0 Å². The highest BCUT2D eigenvalue weighted by molar-refractivity contribution is 6.28. The van der Waals surface area contributed by atoms with E-state index in [1.54, 1.807) is 6.92 Å². The topological polar surface area (TPSA) is 285 Å². The Morgan fingerprint density at radius 2 is 1.77 bits per heavy atom. The van der Waals surface area contributed by atoms with Crippen molar-refractivity contribution in [3.8, 4) is 0 Å². The van der Waals surface area contributed by atoms with Crippen LogP contribution in [0.4, 0.5) is 11.6 Å². The summed E-state index contributed by atoms with van der Waals surface area (Å²) in [6, 6.07) is 0. The van der Waals surface area contributed by atoms with Crippen LogP contribution in [0.15, 0.2) is 19.0 Å². The molecule has 0 amide bonds. The van der Waals surface area contributed by atoms with Crippen LogP contribution in [0.3, 0.4) is 0 Å². The smallest absolute Gasteiger partial charge is 0.337 e. The van der Waals surface area contributed by atoms with Gasteiger partial charge >= 0.3 is 5.97 Å². The van der Waals surface area contributed by atoms with Crippen molar-refractivity contribution in [2.24, 2.45) is 0 Å². The third-order valence-electron chi connectivity index (χ3n) is 7.71.